The van der Waals surface area contributed by atoms with Gasteiger partial charge in [0, 0.05) is 32.7 Å². The molecule has 0 spiro atoms. The van der Waals surface area contributed by atoms with E-state index in [1.165, 1.54) is 16.7 Å². The summed E-state index contributed by atoms with van der Waals surface area (Å²) >= 11 is 0. The van der Waals surface area contributed by atoms with Crippen molar-refractivity contribution in [3.8, 4) is 0 Å². The highest BCUT2D eigenvalue weighted by Crippen LogP contribution is 2.11. The molecule has 140 valence electrons. The first kappa shape index (κ1) is 19.7. The van der Waals surface area contributed by atoms with Gasteiger partial charge in [-0.1, -0.05) is 23.8 Å². The zero-order chi connectivity index (χ0) is 18.3. The fraction of sp³-hybridized carbons (Fsp3) is 0.611. The molecule has 1 aliphatic rings. The number of aryl methyl sites for hydroxylation is 2. The van der Waals surface area contributed by atoms with Gasteiger partial charge < -0.3 is 10.6 Å². The molecule has 0 unspecified atom stereocenters. The molecule has 0 radical (unpaired) electrons. The van der Waals surface area contributed by atoms with Crippen molar-refractivity contribution < 1.29 is 8.42 Å². The summed E-state index contributed by atoms with van der Waals surface area (Å²) in [5.74, 6) is 1.34. The molecule has 0 aromatic heterocycles. The summed E-state index contributed by atoms with van der Waals surface area (Å²) in [6, 6.07) is 6.42. The van der Waals surface area contributed by atoms with Crippen LogP contribution in [0.5, 0.6) is 0 Å². The van der Waals surface area contributed by atoms with Crippen molar-refractivity contribution in [2.24, 2.45) is 4.99 Å². The van der Waals surface area contributed by atoms with E-state index in [-0.39, 0.29) is 11.5 Å². The predicted molar refractivity (Wildman–Crippen MR) is 104 cm³/mol. The van der Waals surface area contributed by atoms with E-state index in [0.717, 1.165) is 25.6 Å². The molecule has 1 saturated heterocycles. The first-order valence-electron chi connectivity index (χ1n) is 8.91. The van der Waals surface area contributed by atoms with Gasteiger partial charge in [-0.2, -0.15) is 0 Å². The second-order valence-electron chi connectivity index (χ2n) is 6.55. The van der Waals surface area contributed by atoms with Crippen LogP contribution in [-0.2, 0) is 16.4 Å². The van der Waals surface area contributed by atoms with E-state index in [1.54, 1.807) is 0 Å². The number of nitrogens with zero attached hydrogens (tertiary/aromatic N) is 2. The molecule has 25 heavy (non-hydrogen) atoms. The van der Waals surface area contributed by atoms with Gasteiger partial charge in [0.1, 0.15) is 0 Å². The van der Waals surface area contributed by atoms with E-state index in [2.05, 4.69) is 52.6 Å². The van der Waals surface area contributed by atoms with Crippen LogP contribution >= 0.6 is 0 Å². The predicted octanol–water partition coefficient (Wildman–Crippen LogP) is 1.09. The van der Waals surface area contributed by atoms with Crippen molar-refractivity contribution in [2.45, 2.75) is 27.3 Å². The van der Waals surface area contributed by atoms with Crippen LogP contribution in [0.1, 0.15) is 23.6 Å². The maximum Gasteiger partial charge on any atom is 0.191 e. The van der Waals surface area contributed by atoms with Gasteiger partial charge in [0.15, 0.2) is 15.8 Å². The molecule has 0 saturated carbocycles. The van der Waals surface area contributed by atoms with Crippen molar-refractivity contribution in [1.29, 1.82) is 0 Å². The van der Waals surface area contributed by atoms with Gasteiger partial charge in [-0.15, -0.1) is 0 Å². The Labute approximate surface area is 151 Å². The average Bonchev–Trinajstić information content (AvgIpc) is 2.55. The van der Waals surface area contributed by atoms with Gasteiger partial charge in [-0.25, -0.2) is 13.4 Å². The largest absolute Gasteiger partial charge is 0.357 e. The summed E-state index contributed by atoms with van der Waals surface area (Å²) in [6.07, 6.45) is 0. The first-order valence-corrected chi connectivity index (χ1v) is 10.7. The molecule has 0 amide bonds. The van der Waals surface area contributed by atoms with Crippen LogP contribution in [0.2, 0.25) is 0 Å². The van der Waals surface area contributed by atoms with E-state index in [9.17, 15) is 8.42 Å². The molecule has 0 bridgehead atoms. The molecular weight excluding hydrogens is 336 g/mol. The maximum atomic E-state index is 11.5. The SMILES string of the molecule is CCNC(=NCc1ccc(C)cc1C)NCCN1CCS(=O)(=O)CC1. The minimum Gasteiger partial charge on any atom is -0.357 e. The van der Waals surface area contributed by atoms with Gasteiger partial charge in [0.05, 0.1) is 18.1 Å². The number of nitrogens with one attached hydrogen (secondary N) is 2. The molecule has 0 aliphatic carbocycles. The topological polar surface area (TPSA) is 73.8 Å². The lowest BCUT2D eigenvalue weighted by Crippen LogP contribution is -2.45. The molecule has 0 atom stereocenters. The highest BCUT2D eigenvalue weighted by Gasteiger charge is 2.20. The lowest BCUT2D eigenvalue weighted by atomic mass is 10.1. The van der Waals surface area contributed by atoms with Gasteiger partial charge in [-0.05, 0) is 31.9 Å². The lowest BCUT2D eigenvalue weighted by molar-refractivity contribution is 0.299. The fourth-order valence-corrected chi connectivity index (χ4v) is 4.11. The van der Waals surface area contributed by atoms with Crippen LogP contribution in [0.25, 0.3) is 0 Å². The standard InChI is InChI=1S/C18H30N4O2S/c1-4-19-18(21-14-17-6-5-15(2)13-16(17)3)20-7-8-22-9-11-25(23,24)12-10-22/h5-6,13H,4,7-12,14H2,1-3H3,(H2,19,20,21). The van der Waals surface area contributed by atoms with Crippen molar-refractivity contribution in [3.05, 3.63) is 34.9 Å². The van der Waals surface area contributed by atoms with Crippen molar-refractivity contribution in [3.63, 3.8) is 0 Å². The monoisotopic (exact) mass is 366 g/mol. The second-order valence-corrected chi connectivity index (χ2v) is 8.85. The number of sulfone groups is 1. The van der Waals surface area contributed by atoms with E-state index >= 15 is 0 Å². The first-order chi connectivity index (χ1) is 11.9. The minimum absolute atomic E-state index is 0.272. The fourth-order valence-electron chi connectivity index (χ4n) is 2.84. The van der Waals surface area contributed by atoms with Crippen LogP contribution in [0.15, 0.2) is 23.2 Å². The smallest absolute Gasteiger partial charge is 0.191 e. The summed E-state index contributed by atoms with van der Waals surface area (Å²) < 4.78 is 22.9. The van der Waals surface area contributed by atoms with Crippen molar-refractivity contribution in [2.75, 3.05) is 44.2 Å². The van der Waals surface area contributed by atoms with Gasteiger partial charge in [-0.3, -0.25) is 4.90 Å². The molecule has 6 nitrogen and oxygen atoms in total. The Hall–Kier alpha value is -1.60. The third kappa shape index (κ3) is 6.66. The number of rotatable bonds is 6. The minimum atomic E-state index is -2.81. The molecule has 2 N–H and O–H groups in total. The second kappa shape index (κ2) is 9.20. The molecular formula is C18H30N4O2S. The highest BCUT2D eigenvalue weighted by molar-refractivity contribution is 7.91. The average molecular weight is 367 g/mol. The summed E-state index contributed by atoms with van der Waals surface area (Å²) in [4.78, 5) is 6.84. The Morgan fingerprint density at radius 1 is 1.20 bits per heavy atom. The number of aliphatic imine (C=N–C) groups is 1. The molecule has 1 aliphatic heterocycles. The highest BCUT2D eigenvalue weighted by atomic mass is 32.2. The maximum absolute atomic E-state index is 11.5. The summed E-state index contributed by atoms with van der Waals surface area (Å²) in [5.41, 5.74) is 3.75. The summed E-state index contributed by atoms with van der Waals surface area (Å²) in [5, 5.41) is 6.60. The Morgan fingerprint density at radius 2 is 1.92 bits per heavy atom. The van der Waals surface area contributed by atoms with E-state index in [1.807, 2.05) is 6.92 Å². The number of hydrogen-bond donors (Lipinski definition) is 2. The molecule has 2 rings (SSSR count). The van der Waals surface area contributed by atoms with E-state index < -0.39 is 9.84 Å². The Balaban J connectivity index is 1.83. The lowest BCUT2D eigenvalue weighted by Gasteiger charge is -2.26. The third-order valence-electron chi connectivity index (χ3n) is 4.41. The zero-order valence-corrected chi connectivity index (χ0v) is 16.3. The van der Waals surface area contributed by atoms with Gasteiger partial charge in [0.2, 0.25) is 0 Å². The van der Waals surface area contributed by atoms with Crippen molar-refractivity contribution in [1.82, 2.24) is 15.5 Å². The van der Waals surface area contributed by atoms with Crippen LogP contribution in [0.3, 0.4) is 0 Å². The Bertz CT molecular complexity index is 687. The summed E-state index contributed by atoms with van der Waals surface area (Å²) in [7, 11) is -2.81. The van der Waals surface area contributed by atoms with Crippen molar-refractivity contribution >= 4 is 15.8 Å². The Morgan fingerprint density at radius 3 is 2.56 bits per heavy atom. The molecule has 1 aromatic carbocycles. The van der Waals surface area contributed by atoms with Crippen LogP contribution in [-0.4, -0.2) is 63.5 Å². The van der Waals surface area contributed by atoms with Gasteiger partial charge >= 0.3 is 0 Å². The van der Waals surface area contributed by atoms with Crippen LogP contribution in [0, 0.1) is 13.8 Å². The molecule has 1 heterocycles. The molecule has 1 fully saturated rings. The Kier molecular flexibility index (Phi) is 7.25. The van der Waals surface area contributed by atoms with Crippen LogP contribution in [0.4, 0.5) is 0 Å². The molecule has 1 aromatic rings. The van der Waals surface area contributed by atoms with Gasteiger partial charge in [0.25, 0.3) is 0 Å². The number of benzene rings is 1. The molecule has 7 heteroatoms. The van der Waals surface area contributed by atoms with E-state index in [4.69, 9.17) is 0 Å². The quantitative estimate of drug-likeness (QED) is 0.582. The summed E-state index contributed by atoms with van der Waals surface area (Å²) in [6.45, 7) is 10.5. The number of guanidine groups is 1. The van der Waals surface area contributed by atoms with Crippen LogP contribution < -0.4 is 10.6 Å². The van der Waals surface area contributed by atoms with E-state index in [0.29, 0.717) is 19.6 Å². The third-order valence-corrected chi connectivity index (χ3v) is 6.02. The normalized spacial score (nSPS) is 18.1. The zero-order valence-electron chi connectivity index (χ0n) is 15.5. The number of hydrogen-bond acceptors (Lipinski definition) is 4.